The molecule has 1 fully saturated rings. The average Bonchev–Trinajstić information content (AvgIpc) is 2.64. The number of rotatable bonds is 3. The van der Waals surface area contributed by atoms with E-state index in [9.17, 15) is 13.2 Å². The van der Waals surface area contributed by atoms with Crippen LogP contribution in [0.2, 0.25) is 0 Å². The Labute approximate surface area is 167 Å². The zero-order valence-corrected chi connectivity index (χ0v) is 17.4. The molecule has 1 atom stereocenters. The molecule has 0 spiro atoms. The van der Waals surface area contributed by atoms with Crippen molar-refractivity contribution in [2.45, 2.75) is 38.0 Å². The van der Waals surface area contributed by atoms with Gasteiger partial charge in [0.25, 0.3) is 0 Å². The summed E-state index contributed by atoms with van der Waals surface area (Å²) in [5, 5.41) is 0. The smallest absolute Gasteiger partial charge is 0.238 e. The molecule has 0 N–H and O–H groups in total. The molecule has 2 aliphatic heterocycles. The number of carbonyl (C=O) groups is 1. The van der Waals surface area contributed by atoms with E-state index in [1.807, 2.05) is 54.3 Å². The summed E-state index contributed by atoms with van der Waals surface area (Å²) in [4.78, 5) is 14.8. The second kappa shape index (κ2) is 6.71. The number of aryl methyl sites for hydroxylation is 1. The van der Waals surface area contributed by atoms with Crippen molar-refractivity contribution in [3.63, 3.8) is 0 Å². The van der Waals surface area contributed by atoms with Crippen LogP contribution in [0.15, 0.2) is 48.5 Å². The van der Waals surface area contributed by atoms with E-state index in [4.69, 9.17) is 0 Å². The Morgan fingerprint density at radius 2 is 1.75 bits per heavy atom. The van der Waals surface area contributed by atoms with Crippen molar-refractivity contribution < 1.29 is 13.2 Å². The Bertz CT molecular complexity index is 1030. The number of nitrogens with zero attached hydrogens (tertiary/aromatic N) is 2. The summed E-state index contributed by atoms with van der Waals surface area (Å²) in [6.07, 6.45) is 0. The summed E-state index contributed by atoms with van der Waals surface area (Å²) in [5.74, 6) is -0.195. The fourth-order valence-corrected chi connectivity index (χ4v) is 6.00. The third kappa shape index (κ3) is 3.25. The van der Waals surface area contributed by atoms with Crippen molar-refractivity contribution in [3.8, 4) is 0 Å². The minimum atomic E-state index is -3.59. The summed E-state index contributed by atoms with van der Waals surface area (Å²) >= 11 is 0. The molecular formula is C22H26N2O3S. The van der Waals surface area contributed by atoms with Crippen molar-refractivity contribution in [1.82, 2.24) is 9.21 Å². The summed E-state index contributed by atoms with van der Waals surface area (Å²) in [7, 11) is -3.59. The SMILES string of the molecule is Cc1ccccc1CS(=O)(=O)N1CC(=O)N2CC(C)(C)c3ccccc3C2C1. The second-order valence-electron chi connectivity index (χ2n) is 8.48. The summed E-state index contributed by atoms with van der Waals surface area (Å²) in [6.45, 7) is 7.02. The lowest BCUT2D eigenvalue weighted by molar-refractivity contribution is -0.139. The highest BCUT2D eigenvalue weighted by molar-refractivity contribution is 7.88. The monoisotopic (exact) mass is 398 g/mol. The molecule has 28 heavy (non-hydrogen) atoms. The number of carbonyl (C=O) groups excluding carboxylic acids is 1. The van der Waals surface area contributed by atoms with Crippen molar-refractivity contribution in [3.05, 3.63) is 70.8 Å². The third-order valence-corrected chi connectivity index (χ3v) is 7.73. The molecule has 2 aromatic carbocycles. The highest BCUT2D eigenvalue weighted by Gasteiger charge is 2.45. The maximum absolute atomic E-state index is 13.1. The highest BCUT2D eigenvalue weighted by atomic mass is 32.2. The zero-order valence-electron chi connectivity index (χ0n) is 16.6. The van der Waals surface area contributed by atoms with Crippen LogP contribution in [0.3, 0.4) is 0 Å². The van der Waals surface area contributed by atoms with E-state index in [0.29, 0.717) is 13.1 Å². The van der Waals surface area contributed by atoms with Gasteiger partial charge in [-0.3, -0.25) is 4.79 Å². The Balaban J connectivity index is 1.67. The molecule has 4 rings (SSSR count). The fourth-order valence-electron chi connectivity index (χ4n) is 4.42. The summed E-state index contributed by atoms with van der Waals surface area (Å²) in [5.41, 5.74) is 3.83. The lowest BCUT2D eigenvalue weighted by atomic mass is 9.75. The maximum Gasteiger partial charge on any atom is 0.238 e. The van der Waals surface area contributed by atoms with Gasteiger partial charge in [0, 0.05) is 18.5 Å². The summed E-state index contributed by atoms with van der Waals surface area (Å²) in [6, 6.07) is 15.4. The minimum absolute atomic E-state index is 0.0766. The first-order valence-electron chi connectivity index (χ1n) is 9.60. The van der Waals surface area contributed by atoms with E-state index in [0.717, 1.165) is 16.7 Å². The van der Waals surface area contributed by atoms with E-state index < -0.39 is 10.0 Å². The van der Waals surface area contributed by atoms with Crippen molar-refractivity contribution in [2.24, 2.45) is 0 Å². The lowest BCUT2D eigenvalue weighted by Gasteiger charge is -2.49. The van der Waals surface area contributed by atoms with Gasteiger partial charge in [0.15, 0.2) is 0 Å². The molecule has 1 saturated heterocycles. The molecule has 1 amide bonds. The van der Waals surface area contributed by atoms with Crippen LogP contribution in [0.4, 0.5) is 0 Å². The number of hydrogen-bond donors (Lipinski definition) is 0. The Morgan fingerprint density at radius 1 is 1.07 bits per heavy atom. The third-order valence-electron chi connectivity index (χ3n) is 5.99. The molecular weight excluding hydrogens is 372 g/mol. The minimum Gasteiger partial charge on any atom is -0.332 e. The first-order valence-corrected chi connectivity index (χ1v) is 11.2. The number of fused-ring (bicyclic) bond motifs is 3. The molecule has 0 radical (unpaired) electrons. The predicted octanol–water partition coefficient (Wildman–Crippen LogP) is 3.00. The second-order valence-corrected chi connectivity index (χ2v) is 10.5. The van der Waals surface area contributed by atoms with Crippen LogP contribution < -0.4 is 0 Å². The molecule has 0 aromatic heterocycles. The maximum atomic E-state index is 13.1. The van der Waals surface area contributed by atoms with Gasteiger partial charge in [-0.15, -0.1) is 0 Å². The van der Waals surface area contributed by atoms with Gasteiger partial charge >= 0.3 is 0 Å². The van der Waals surface area contributed by atoms with Crippen LogP contribution in [0, 0.1) is 6.92 Å². The van der Waals surface area contributed by atoms with E-state index in [1.54, 1.807) is 0 Å². The van der Waals surface area contributed by atoms with Gasteiger partial charge in [0.1, 0.15) is 0 Å². The zero-order chi connectivity index (χ0) is 20.1. The topological polar surface area (TPSA) is 57.7 Å². The molecule has 2 aliphatic rings. The number of benzene rings is 2. The normalized spacial score (nSPS) is 21.9. The summed E-state index contributed by atoms with van der Waals surface area (Å²) < 4.78 is 27.6. The van der Waals surface area contributed by atoms with Gasteiger partial charge in [-0.1, -0.05) is 62.4 Å². The van der Waals surface area contributed by atoms with E-state index in [2.05, 4.69) is 19.9 Å². The molecule has 0 bridgehead atoms. The molecule has 1 unspecified atom stereocenters. The van der Waals surface area contributed by atoms with Gasteiger partial charge < -0.3 is 4.90 Å². The van der Waals surface area contributed by atoms with Crippen LogP contribution in [0.1, 0.15) is 42.1 Å². The van der Waals surface area contributed by atoms with Crippen LogP contribution in [-0.4, -0.2) is 43.2 Å². The standard InChI is InChI=1S/C22H26N2O3S/c1-16-8-4-5-9-17(16)14-28(26,27)23-12-20-18-10-6-7-11-19(18)22(2,3)15-24(20)21(25)13-23/h4-11,20H,12-15H2,1-3H3. The average molecular weight is 399 g/mol. The van der Waals surface area contributed by atoms with E-state index in [-0.39, 0.29) is 29.7 Å². The predicted molar refractivity (Wildman–Crippen MR) is 109 cm³/mol. The van der Waals surface area contributed by atoms with Crippen molar-refractivity contribution in [2.75, 3.05) is 19.6 Å². The van der Waals surface area contributed by atoms with E-state index in [1.165, 1.54) is 9.87 Å². The van der Waals surface area contributed by atoms with Crippen LogP contribution in [0.25, 0.3) is 0 Å². The van der Waals surface area contributed by atoms with E-state index >= 15 is 0 Å². The molecule has 0 aliphatic carbocycles. The van der Waals surface area contributed by atoms with Gasteiger partial charge in [-0.25, -0.2) is 8.42 Å². The van der Waals surface area contributed by atoms with Crippen LogP contribution in [-0.2, 0) is 26.0 Å². The van der Waals surface area contributed by atoms with Gasteiger partial charge in [-0.2, -0.15) is 4.31 Å². The molecule has 148 valence electrons. The first-order chi connectivity index (χ1) is 13.2. The van der Waals surface area contributed by atoms with Crippen LogP contribution in [0.5, 0.6) is 0 Å². The molecule has 6 heteroatoms. The Morgan fingerprint density at radius 3 is 2.50 bits per heavy atom. The van der Waals surface area contributed by atoms with Gasteiger partial charge in [0.2, 0.25) is 15.9 Å². The van der Waals surface area contributed by atoms with Crippen molar-refractivity contribution in [1.29, 1.82) is 0 Å². The Kier molecular flexibility index (Phi) is 4.59. The van der Waals surface area contributed by atoms with Crippen LogP contribution >= 0.6 is 0 Å². The van der Waals surface area contributed by atoms with Crippen molar-refractivity contribution >= 4 is 15.9 Å². The first kappa shape index (κ1) is 19.2. The fraction of sp³-hybridized carbons (Fsp3) is 0.409. The number of sulfonamides is 1. The molecule has 5 nitrogen and oxygen atoms in total. The number of piperazine rings is 1. The number of hydrogen-bond acceptors (Lipinski definition) is 3. The molecule has 2 heterocycles. The Hall–Kier alpha value is -2.18. The largest absolute Gasteiger partial charge is 0.332 e. The highest BCUT2D eigenvalue weighted by Crippen LogP contribution is 2.41. The quantitative estimate of drug-likeness (QED) is 0.799. The van der Waals surface area contributed by atoms with Gasteiger partial charge in [-0.05, 0) is 29.2 Å². The lowest BCUT2D eigenvalue weighted by Crippen LogP contribution is -2.58. The molecule has 0 saturated carbocycles. The molecule has 2 aromatic rings. The van der Waals surface area contributed by atoms with Gasteiger partial charge in [0.05, 0.1) is 18.3 Å². The number of amides is 1.